The zero-order valence-corrected chi connectivity index (χ0v) is 15.4. The van der Waals surface area contributed by atoms with Crippen LogP contribution in [0.25, 0.3) is 0 Å². The van der Waals surface area contributed by atoms with E-state index in [0.29, 0.717) is 31.6 Å². The van der Waals surface area contributed by atoms with Crippen molar-refractivity contribution in [1.29, 1.82) is 0 Å². The number of aromatic carboxylic acids is 1. The number of carbonyl (C=O) groups is 3. The minimum Gasteiger partial charge on any atom is -0.496 e. The monoisotopic (exact) mass is 375 g/mol. The van der Waals surface area contributed by atoms with E-state index in [1.165, 1.54) is 19.2 Å². The van der Waals surface area contributed by atoms with Crippen LogP contribution in [-0.4, -0.2) is 66.1 Å². The zero-order chi connectivity index (χ0) is 19.4. The number of hydrogen-bond donors (Lipinski definition) is 2. The second-order valence-corrected chi connectivity index (χ2v) is 6.95. The largest absolute Gasteiger partial charge is 0.496 e. The Kier molecular flexibility index (Phi) is 5.83. The molecule has 0 unspecified atom stereocenters. The van der Waals surface area contributed by atoms with Gasteiger partial charge in [0.15, 0.2) is 0 Å². The van der Waals surface area contributed by atoms with Crippen LogP contribution in [0.15, 0.2) is 18.2 Å². The van der Waals surface area contributed by atoms with Gasteiger partial charge in [-0.2, -0.15) is 0 Å². The lowest BCUT2D eigenvalue weighted by Crippen LogP contribution is -2.47. The molecule has 27 heavy (non-hydrogen) atoms. The molecule has 0 aliphatic carbocycles. The van der Waals surface area contributed by atoms with Crippen molar-refractivity contribution in [3.8, 4) is 5.75 Å². The quantitative estimate of drug-likeness (QED) is 0.841. The summed E-state index contributed by atoms with van der Waals surface area (Å²) in [4.78, 5) is 39.8. The number of piperidine rings is 1. The minimum absolute atomic E-state index is 0.0456. The molecule has 0 radical (unpaired) electrons. The molecular formula is C19H25N3O5. The van der Waals surface area contributed by atoms with Gasteiger partial charge in [-0.25, -0.2) is 9.59 Å². The number of urea groups is 1. The fraction of sp³-hybridized carbons (Fsp3) is 0.526. The van der Waals surface area contributed by atoms with Crippen LogP contribution in [0, 0.1) is 5.92 Å². The summed E-state index contributed by atoms with van der Waals surface area (Å²) in [6.45, 7) is 2.81. The Bertz CT molecular complexity index is 722. The first-order valence-electron chi connectivity index (χ1n) is 9.25. The Morgan fingerprint density at radius 1 is 1.07 bits per heavy atom. The third kappa shape index (κ3) is 4.32. The Hall–Kier alpha value is -2.77. The fourth-order valence-electron chi connectivity index (χ4n) is 3.63. The standard InChI is InChI=1S/C19H25N3O5/c1-27-16-12-14(4-5-15(16)18(24)25)20-17(23)13-6-10-22(11-7-13)19(26)21-8-2-3-9-21/h4-5,12-13H,2-3,6-11H2,1H3,(H,20,23)(H,24,25). The molecule has 2 heterocycles. The molecule has 1 aromatic carbocycles. The molecule has 2 saturated heterocycles. The van der Waals surface area contributed by atoms with E-state index in [4.69, 9.17) is 9.84 Å². The van der Waals surface area contributed by atoms with E-state index >= 15 is 0 Å². The molecule has 3 rings (SSSR count). The van der Waals surface area contributed by atoms with Crippen LogP contribution < -0.4 is 10.1 Å². The summed E-state index contributed by atoms with van der Waals surface area (Å²) in [5, 5.41) is 11.9. The number of rotatable bonds is 4. The van der Waals surface area contributed by atoms with E-state index < -0.39 is 5.97 Å². The van der Waals surface area contributed by atoms with Gasteiger partial charge in [0.1, 0.15) is 11.3 Å². The number of carboxylic acid groups (broad SMARTS) is 1. The van der Waals surface area contributed by atoms with E-state index in [9.17, 15) is 14.4 Å². The van der Waals surface area contributed by atoms with Crippen molar-refractivity contribution in [2.24, 2.45) is 5.92 Å². The first-order chi connectivity index (χ1) is 13.0. The summed E-state index contributed by atoms with van der Waals surface area (Å²) in [5.41, 5.74) is 0.543. The Morgan fingerprint density at radius 2 is 1.70 bits per heavy atom. The summed E-state index contributed by atoms with van der Waals surface area (Å²) >= 11 is 0. The second kappa shape index (κ2) is 8.28. The third-order valence-corrected chi connectivity index (χ3v) is 5.21. The number of anilines is 1. The number of benzene rings is 1. The number of likely N-dealkylation sites (tertiary alicyclic amines) is 2. The van der Waals surface area contributed by atoms with Crippen molar-refractivity contribution in [3.05, 3.63) is 23.8 Å². The van der Waals surface area contributed by atoms with Crippen molar-refractivity contribution in [3.63, 3.8) is 0 Å². The molecule has 3 amide bonds. The Labute approximate surface area is 158 Å². The first kappa shape index (κ1) is 19.0. The lowest BCUT2D eigenvalue weighted by atomic mass is 9.96. The third-order valence-electron chi connectivity index (χ3n) is 5.21. The van der Waals surface area contributed by atoms with Gasteiger partial charge >= 0.3 is 12.0 Å². The van der Waals surface area contributed by atoms with Gasteiger partial charge in [-0.3, -0.25) is 4.79 Å². The van der Waals surface area contributed by atoms with Crippen LogP contribution in [0.3, 0.4) is 0 Å². The van der Waals surface area contributed by atoms with Crippen LogP contribution >= 0.6 is 0 Å². The molecule has 2 N–H and O–H groups in total. The summed E-state index contributed by atoms with van der Waals surface area (Å²) in [5.74, 6) is -1.17. The van der Waals surface area contributed by atoms with E-state index in [2.05, 4.69) is 5.32 Å². The van der Waals surface area contributed by atoms with Gasteiger partial charge in [-0.1, -0.05) is 0 Å². The van der Waals surface area contributed by atoms with Crippen molar-refractivity contribution in [2.45, 2.75) is 25.7 Å². The van der Waals surface area contributed by atoms with Gasteiger partial charge < -0.3 is 25.0 Å². The summed E-state index contributed by atoms with van der Waals surface area (Å²) in [7, 11) is 1.39. The van der Waals surface area contributed by atoms with Gasteiger partial charge in [0.05, 0.1) is 7.11 Å². The Balaban J connectivity index is 1.55. The van der Waals surface area contributed by atoms with E-state index in [1.807, 2.05) is 9.80 Å². The van der Waals surface area contributed by atoms with Crippen LogP contribution in [0.5, 0.6) is 5.75 Å². The highest BCUT2D eigenvalue weighted by atomic mass is 16.5. The molecule has 8 heteroatoms. The van der Waals surface area contributed by atoms with Gasteiger partial charge in [0, 0.05) is 43.9 Å². The molecule has 2 aliphatic rings. The SMILES string of the molecule is COc1cc(NC(=O)C2CCN(C(=O)N3CCCC3)CC2)ccc1C(=O)O. The van der Waals surface area contributed by atoms with Crippen LogP contribution in [0.4, 0.5) is 10.5 Å². The highest BCUT2D eigenvalue weighted by Crippen LogP contribution is 2.25. The highest BCUT2D eigenvalue weighted by Gasteiger charge is 2.30. The molecule has 0 spiro atoms. The number of carbonyl (C=O) groups excluding carboxylic acids is 2. The molecule has 1 aromatic rings. The Morgan fingerprint density at radius 3 is 2.30 bits per heavy atom. The van der Waals surface area contributed by atoms with Crippen molar-refractivity contribution >= 4 is 23.6 Å². The van der Waals surface area contributed by atoms with Crippen molar-refractivity contribution in [2.75, 3.05) is 38.6 Å². The molecule has 0 atom stereocenters. The highest BCUT2D eigenvalue weighted by molar-refractivity contribution is 5.95. The van der Waals surface area contributed by atoms with E-state index in [0.717, 1.165) is 25.9 Å². The van der Waals surface area contributed by atoms with Gasteiger partial charge in [0.2, 0.25) is 5.91 Å². The predicted molar refractivity (Wildman–Crippen MR) is 99.1 cm³/mol. The number of carboxylic acids is 1. The molecule has 0 bridgehead atoms. The molecular weight excluding hydrogens is 350 g/mol. The average Bonchev–Trinajstić information content (AvgIpc) is 3.22. The predicted octanol–water partition coefficient (Wildman–Crippen LogP) is 2.26. The minimum atomic E-state index is -1.08. The average molecular weight is 375 g/mol. The van der Waals surface area contributed by atoms with Crippen molar-refractivity contribution in [1.82, 2.24) is 9.80 Å². The topological polar surface area (TPSA) is 99.2 Å². The smallest absolute Gasteiger partial charge is 0.339 e. The van der Waals surface area contributed by atoms with Crippen LogP contribution in [0.2, 0.25) is 0 Å². The fourth-order valence-corrected chi connectivity index (χ4v) is 3.63. The summed E-state index contributed by atoms with van der Waals surface area (Å²) in [6, 6.07) is 4.55. The number of hydrogen-bond acceptors (Lipinski definition) is 4. The lowest BCUT2D eigenvalue weighted by Gasteiger charge is -2.34. The maximum Gasteiger partial charge on any atom is 0.339 e. The maximum atomic E-state index is 12.5. The summed E-state index contributed by atoms with van der Waals surface area (Å²) < 4.78 is 5.08. The maximum absolute atomic E-state index is 12.5. The molecule has 0 saturated carbocycles. The number of ether oxygens (including phenoxy) is 1. The second-order valence-electron chi connectivity index (χ2n) is 6.95. The van der Waals surface area contributed by atoms with Crippen LogP contribution in [-0.2, 0) is 4.79 Å². The number of methoxy groups -OCH3 is 1. The molecule has 146 valence electrons. The van der Waals surface area contributed by atoms with Gasteiger partial charge in [0.25, 0.3) is 0 Å². The molecule has 0 aromatic heterocycles. The number of nitrogens with zero attached hydrogens (tertiary/aromatic N) is 2. The van der Waals surface area contributed by atoms with Crippen molar-refractivity contribution < 1.29 is 24.2 Å². The molecule has 2 fully saturated rings. The molecule has 2 aliphatic heterocycles. The summed E-state index contributed by atoms with van der Waals surface area (Å²) in [6.07, 6.45) is 3.37. The van der Waals surface area contributed by atoms with E-state index in [1.54, 1.807) is 6.07 Å². The normalized spacial score (nSPS) is 17.7. The molecule has 8 nitrogen and oxygen atoms in total. The van der Waals surface area contributed by atoms with Crippen LogP contribution in [0.1, 0.15) is 36.0 Å². The number of nitrogens with one attached hydrogen (secondary N) is 1. The lowest BCUT2D eigenvalue weighted by molar-refractivity contribution is -0.121. The zero-order valence-electron chi connectivity index (χ0n) is 15.4. The van der Waals surface area contributed by atoms with E-state index in [-0.39, 0.29) is 29.2 Å². The number of amides is 3. The van der Waals surface area contributed by atoms with Gasteiger partial charge in [-0.15, -0.1) is 0 Å². The first-order valence-corrected chi connectivity index (χ1v) is 9.25. The van der Waals surface area contributed by atoms with Gasteiger partial charge in [-0.05, 0) is 37.8 Å².